The van der Waals surface area contributed by atoms with Crippen molar-refractivity contribution in [2.75, 3.05) is 13.2 Å². The highest BCUT2D eigenvalue weighted by atomic mass is 16.7. The van der Waals surface area contributed by atoms with Crippen LogP contribution in [0.5, 0.6) is 0 Å². The minimum Gasteiger partial charge on any atom is -0.394 e. The summed E-state index contributed by atoms with van der Waals surface area (Å²) in [5, 5.41) is 8.82. The summed E-state index contributed by atoms with van der Waals surface area (Å²) in [7, 11) is 0. The molecule has 2 atom stereocenters. The average Bonchev–Trinajstić information content (AvgIpc) is 2.65. The maximum atomic E-state index is 8.82. The van der Waals surface area contributed by atoms with E-state index < -0.39 is 0 Å². The van der Waals surface area contributed by atoms with Crippen molar-refractivity contribution in [3.63, 3.8) is 0 Å². The van der Waals surface area contributed by atoms with Gasteiger partial charge in [-0.15, -0.1) is 0 Å². The Bertz CT molecular complexity index is 138. The van der Waals surface area contributed by atoms with Gasteiger partial charge >= 0.3 is 0 Å². The van der Waals surface area contributed by atoms with Gasteiger partial charge in [-0.05, 0) is 12.8 Å². The first kappa shape index (κ1) is 12.0. The molecule has 0 bridgehead atoms. The molecule has 3 heteroatoms. The molecule has 0 aromatic heterocycles. The third-order valence-corrected chi connectivity index (χ3v) is 2.56. The van der Waals surface area contributed by atoms with Crippen molar-refractivity contribution in [2.24, 2.45) is 0 Å². The molecule has 1 fully saturated rings. The molecule has 1 rings (SSSR count). The Morgan fingerprint density at radius 3 is 2.64 bits per heavy atom. The van der Waals surface area contributed by atoms with E-state index in [2.05, 4.69) is 6.92 Å². The highest BCUT2D eigenvalue weighted by Gasteiger charge is 2.24. The topological polar surface area (TPSA) is 38.7 Å². The van der Waals surface area contributed by atoms with Crippen LogP contribution in [0.3, 0.4) is 0 Å². The van der Waals surface area contributed by atoms with Gasteiger partial charge in [0.1, 0.15) is 6.10 Å². The predicted octanol–water partition coefficient (Wildman–Crippen LogP) is 2.08. The lowest BCUT2D eigenvalue weighted by molar-refractivity contribution is -0.0701. The molecular weight excluding hydrogens is 180 g/mol. The third kappa shape index (κ3) is 4.40. The molecule has 1 N–H and O–H groups in total. The summed E-state index contributed by atoms with van der Waals surface area (Å²) in [5.74, 6) is 0. The van der Waals surface area contributed by atoms with E-state index >= 15 is 0 Å². The molecule has 1 aliphatic rings. The maximum absolute atomic E-state index is 8.82. The summed E-state index contributed by atoms with van der Waals surface area (Å²) >= 11 is 0. The standard InChI is InChI=1S/C11H22O3/c1-2-3-4-5-6-7-11-13-9-10(8-12)14-11/h10-12H,2-9H2,1H3. The Balaban J connectivity index is 1.92. The highest BCUT2D eigenvalue weighted by molar-refractivity contribution is 4.63. The summed E-state index contributed by atoms with van der Waals surface area (Å²) in [6.45, 7) is 2.84. The molecule has 0 spiro atoms. The summed E-state index contributed by atoms with van der Waals surface area (Å²) in [6, 6.07) is 0. The SMILES string of the molecule is CCCCCCCC1OCC(CO)O1. The van der Waals surface area contributed by atoms with Crippen LogP contribution in [0.15, 0.2) is 0 Å². The van der Waals surface area contributed by atoms with E-state index in [1.807, 2.05) is 0 Å². The van der Waals surface area contributed by atoms with E-state index in [0.717, 1.165) is 6.42 Å². The van der Waals surface area contributed by atoms with Crippen molar-refractivity contribution < 1.29 is 14.6 Å². The zero-order valence-corrected chi connectivity index (χ0v) is 9.08. The fourth-order valence-electron chi connectivity index (χ4n) is 1.67. The van der Waals surface area contributed by atoms with Gasteiger partial charge in [-0.3, -0.25) is 0 Å². The van der Waals surface area contributed by atoms with Gasteiger partial charge in [0.2, 0.25) is 0 Å². The number of aliphatic hydroxyl groups is 1. The van der Waals surface area contributed by atoms with Crippen molar-refractivity contribution >= 4 is 0 Å². The summed E-state index contributed by atoms with van der Waals surface area (Å²) < 4.78 is 10.8. The molecular formula is C11H22O3. The molecule has 2 unspecified atom stereocenters. The molecule has 3 nitrogen and oxygen atoms in total. The third-order valence-electron chi connectivity index (χ3n) is 2.56. The van der Waals surface area contributed by atoms with Gasteiger partial charge in [0, 0.05) is 0 Å². The number of hydrogen-bond donors (Lipinski definition) is 1. The van der Waals surface area contributed by atoms with Crippen molar-refractivity contribution in [2.45, 2.75) is 57.8 Å². The first-order chi connectivity index (χ1) is 6.86. The smallest absolute Gasteiger partial charge is 0.158 e. The summed E-state index contributed by atoms with van der Waals surface area (Å²) in [6.07, 6.45) is 7.18. The van der Waals surface area contributed by atoms with Gasteiger partial charge in [0.05, 0.1) is 13.2 Å². The van der Waals surface area contributed by atoms with Crippen molar-refractivity contribution in [3.05, 3.63) is 0 Å². The Morgan fingerprint density at radius 1 is 1.21 bits per heavy atom. The molecule has 0 aliphatic carbocycles. The average molecular weight is 202 g/mol. The van der Waals surface area contributed by atoms with Gasteiger partial charge < -0.3 is 14.6 Å². The lowest BCUT2D eigenvalue weighted by Gasteiger charge is -2.09. The second kappa shape index (κ2) is 7.21. The maximum Gasteiger partial charge on any atom is 0.158 e. The molecule has 1 aliphatic heterocycles. The Morgan fingerprint density at radius 2 is 2.00 bits per heavy atom. The number of hydrogen-bond acceptors (Lipinski definition) is 3. The first-order valence-electron chi connectivity index (χ1n) is 5.74. The Hall–Kier alpha value is -0.120. The van der Waals surface area contributed by atoms with Crippen LogP contribution < -0.4 is 0 Å². The second-order valence-electron chi connectivity index (χ2n) is 3.91. The Kier molecular flexibility index (Phi) is 6.15. The minimum absolute atomic E-state index is 0.0613. The molecule has 0 saturated carbocycles. The number of aliphatic hydroxyl groups excluding tert-OH is 1. The normalized spacial score (nSPS) is 27.0. The highest BCUT2D eigenvalue weighted by Crippen LogP contribution is 2.17. The van der Waals surface area contributed by atoms with Crippen LogP contribution in [-0.2, 0) is 9.47 Å². The fourth-order valence-corrected chi connectivity index (χ4v) is 1.67. The van der Waals surface area contributed by atoms with E-state index in [-0.39, 0.29) is 19.0 Å². The zero-order valence-electron chi connectivity index (χ0n) is 9.08. The molecule has 0 aromatic carbocycles. The lowest BCUT2D eigenvalue weighted by atomic mass is 10.1. The van der Waals surface area contributed by atoms with Gasteiger partial charge in [-0.1, -0.05) is 32.6 Å². The van der Waals surface area contributed by atoms with Gasteiger partial charge in [0.15, 0.2) is 6.29 Å². The van der Waals surface area contributed by atoms with Crippen LogP contribution in [0.4, 0.5) is 0 Å². The predicted molar refractivity (Wildman–Crippen MR) is 55.1 cm³/mol. The zero-order chi connectivity index (χ0) is 10.2. The molecule has 0 amide bonds. The quantitative estimate of drug-likeness (QED) is 0.642. The van der Waals surface area contributed by atoms with E-state index in [1.54, 1.807) is 0 Å². The molecule has 0 radical (unpaired) electrons. The van der Waals surface area contributed by atoms with Gasteiger partial charge in [-0.25, -0.2) is 0 Å². The number of rotatable bonds is 7. The van der Waals surface area contributed by atoms with Gasteiger partial charge in [0.25, 0.3) is 0 Å². The first-order valence-corrected chi connectivity index (χ1v) is 5.74. The molecule has 0 aromatic rings. The monoisotopic (exact) mass is 202 g/mol. The van der Waals surface area contributed by atoms with E-state index in [4.69, 9.17) is 14.6 Å². The van der Waals surface area contributed by atoms with Crippen LogP contribution in [0.1, 0.15) is 45.4 Å². The Labute approximate surface area is 86.4 Å². The van der Waals surface area contributed by atoms with E-state index in [1.165, 1.54) is 32.1 Å². The van der Waals surface area contributed by atoms with E-state index in [0.29, 0.717) is 6.61 Å². The van der Waals surface area contributed by atoms with Crippen molar-refractivity contribution in [1.29, 1.82) is 0 Å². The van der Waals surface area contributed by atoms with Crippen molar-refractivity contribution in [1.82, 2.24) is 0 Å². The largest absolute Gasteiger partial charge is 0.394 e. The second-order valence-corrected chi connectivity index (χ2v) is 3.91. The van der Waals surface area contributed by atoms with Crippen LogP contribution in [0, 0.1) is 0 Å². The molecule has 14 heavy (non-hydrogen) atoms. The van der Waals surface area contributed by atoms with Crippen molar-refractivity contribution in [3.8, 4) is 0 Å². The summed E-state index contributed by atoms with van der Waals surface area (Å²) in [4.78, 5) is 0. The lowest BCUT2D eigenvalue weighted by Crippen LogP contribution is -2.16. The summed E-state index contributed by atoms with van der Waals surface area (Å²) in [5.41, 5.74) is 0. The number of ether oxygens (including phenoxy) is 2. The number of unbranched alkanes of at least 4 members (excludes halogenated alkanes) is 4. The van der Waals surface area contributed by atoms with Crippen LogP contribution in [-0.4, -0.2) is 30.7 Å². The minimum atomic E-state index is -0.0874. The van der Waals surface area contributed by atoms with Crippen LogP contribution in [0.25, 0.3) is 0 Å². The van der Waals surface area contributed by atoms with Gasteiger partial charge in [-0.2, -0.15) is 0 Å². The molecule has 1 saturated heterocycles. The van der Waals surface area contributed by atoms with Crippen LogP contribution in [0.2, 0.25) is 0 Å². The fraction of sp³-hybridized carbons (Fsp3) is 1.00. The van der Waals surface area contributed by atoms with E-state index in [9.17, 15) is 0 Å². The molecule has 84 valence electrons. The molecule has 1 heterocycles. The van der Waals surface area contributed by atoms with Crippen LogP contribution >= 0.6 is 0 Å².